The number of hydrogen-bond acceptors (Lipinski definition) is 6. The van der Waals surface area contributed by atoms with Crippen LogP contribution >= 0.6 is 0 Å². The third-order valence-corrected chi connectivity index (χ3v) is 10.5. The third kappa shape index (κ3) is 12.8. The van der Waals surface area contributed by atoms with E-state index in [9.17, 15) is 0 Å². The van der Waals surface area contributed by atoms with Crippen LogP contribution in [0.25, 0.3) is 32.3 Å². The molecule has 6 nitrogen and oxygen atoms in total. The summed E-state index contributed by atoms with van der Waals surface area (Å²) in [5, 5.41) is 6.34. The number of nitrogen functional groups attached to an aromatic ring is 1. The minimum atomic E-state index is 0.651. The molecule has 6 heteroatoms. The van der Waals surface area contributed by atoms with Crippen LogP contribution < -0.4 is 29.4 Å². The van der Waals surface area contributed by atoms with Crippen molar-refractivity contribution in [3.8, 4) is 28.7 Å². The Labute approximate surface area is 327 Å². The van der Waals surface area contributed by atoms with Crippen LogP contribution in [0.15, 0.2) is 36.4 Å². The van der Waals surface area contributed by atoms with Gasteiger partial charge in [0.25, 0.3) is 0 Å². The van der Waals surface area contributed by atoms with Crippen molar-refractivity contribution < 1.29 is 23.7 Å². The van der Waals surface area contributed by atoms with E-state index < -0.39 is 0 Å². The Kier molecular flexibility index (Phi) is 19.8. The molecule has 0 atom stereocenters. The number of ether oxygens (including phenoxy) is 5. The number of benzene rings is 4. The third-order valence-electron chi connectivity index (χ3n) is 10.5. The van der Waals surface area contributed by atoms with Crippen LogP contribution in [0, 0.1) is 0 Å². The van der Waals surface area contributed by atoms with Crippen LogP contribution in [0.5, 0.6) is 28.7 Å². The van der Waals surface area contributed by atoms with E-state index in [1.54, 1.807) is 0 Å². The average molecular weight is 744 g/mol. The summed E-state index contributed by atoms with van der Waals surface area (Å²) in [6.07, 6.45) is 22.9. The molecule has 0 radical (unpaired) electrons. The lowest BCUT2D eigenvalue weighted by atomic mass is 9.92. The van der Waals surface area contributed by atoms with Crippen LogP contribution in [0.1, 0.15) is 163 Å². The normalized spacial score (nSPS) is 11.5. The van der Waals surface area contributed by atoms with Gasteiger partial charge in [0.05, 0.1) is 38.7 Å². The Morgan fingerprint density at radius 3 is 0.981 bits per heavy atom. The molecule has 0 bridgehead atoms. The first-order valence-corrected chi connectivity index (χ1v) is 22.0. The molecule has 0 aliphatic carbocycles. The van der Waals surface area contributed by atoms with Crippen molar-refractivity contribution in [2.24, 2.45) is 0 Å². The topological polar surface area (TPSA) is 72.2 Å². The molecule has 0 aromatic heterocycles. The van der Waals surface area contributed by atoms with E-state index in [1.807, 2.05) is 6.07 Å². The number of anilines is 1. The molecule has 54 heavy (non-hydrogen) atoms. The van der Waals surface area contributed by atoms with E-state index >= 15 is 0 Å². The van der Waals surface area contributed by atoms with Gasteiger partial charge >= 0.3 is 0 Å². The van der Waals surface area contributed by atoms with Crippen molar-refractivity contribution in [3.05, 3.63) is 36.4 Å². The molecule has 0 aliphatic rings. The van der Waals surface area contributed by atoms with Crippen LogP contribution in [0.4, 0.5) is 5.69 Å². The highest BCUT2D eigenvalue weighted by molar-refractivity contribution is 6.29. The quantitative estimate of drug-likeness (QED) is 0.0326. The molecule has 0 saturated carbocycles. The van der Waals surface area contributed by atoms with Gasteiger partial charge in [-0.25, -0.2) is 0 Å². The van der Waals surface area contributed by atoms with Gasteiger partial charge in [-0.2, -0.15) is 0 Å². The molecule has 4 rings (SSSR count). The first-order chi connectivity index (χ1) is 26.6. The van der Waals surface area contributed by atoms with Crippen molar-refractivity contribution in [3.63, 3.8) is 0 Å². The maximum absolute atomic E-state index is 7.13. The van der Waals surface area contributed by atoms with E-state index in [0.717, 1.165) is 125 Å². The van der Waals surface area contributed by atoms with Crippen molar-refractivity contribution >= 4 is 38.0 Å². The van der Waals surface area contributed by atoms with E-state index in [-0.39, 0.29) is 0 Å². The zero-order chi connectivity index (χ0) is 38.4. The number of fused-ring (bicyclic) bond motifs is 6. The van der Waals surface area contributed by atoms with Crippen LogP contribution in [0.3, 0.4) is 0 Å². The standard InChI is InChI=1S/C48H73NO5/c1-6-11-16-21-28-50-42-27-26-37-38-33-43(51-29-22-17-12-7-2)44(52-30-23-18-13-8-3)34-39(38)40-35-45(53-31-24-19-14-9-4)46(54-32-25-20-15-10-5)36-41(40)47(37)48(42)49/h26-27,33-36H,6-25,28-32,49H2,1-5H3. The first kappa shape index (κ1) is 43.2. The molecular formula is C48H73NO5. The summed E-state index contributed by atoms with van der Waals surface area (Å²) >= 11 is 0. The highest BCUT2D eigenvalue weighted by Crippen LogP contribution is 2.47. The maximum atomic E-state index is 7.13. The van der Waals surface area contributed by atoms with Gasteiger partial charge in [-0.05, 0) is 95.4 Å². The van der Waals surface area contributed by atoms with Crippen LogP contribution in [-0.4, -0.2) is 33.0 Å². The molecule has 2 N–H and O–H groups in total. The van der Waals surface area contributed by atoms with Gasteiger partial charge in [-0.1, -0.05) is 131 Å². The SMILES string of the molecule is CCCCCCOc1cc2c(cc1OCCCCCC)c1ccc(OCCCCCC)c(N)c1c1cc(OCCCCCC)c(OCCCCCC)cc21. The predicted molar refractivity (Wildman–Crippen MR) is 232 cm³/mol. The van der Waals surface area contributed by atoms with Gasteiger partial charge < -0.3 is 29.4 Å². The summed E-state index contributed by atoms with van der Waals surface area (Å²) in [4.78, 5) is 0. The highest BCUT2D eigenvalue weighted by Gasteiger charge is 2.20. The molecule has 0 unspecified atom stereocenters. The summed E-state index contributed by atoms with van der Waals surface area (Å²) < 4.78 is 32.6. The molecule has 0 fully saturated rings. The van der Waals surface area contributed by atoms with Gasteiger partial charge in [0.2, 0.25) is 0 Å². The van der Waals surface area contributed by atoms with Crippen LogP contribution in [-0.2, 0) is 0 Å². The lowest BCUT2D eigenvalue weighted by Crippen LogP contribution is -2.05. The molecule has 0 heterocycles. The summed E-state index contributed by atoms with van der Waals surface area (Å²) in [5.41, 5.74) is 7.80. The Morgan fingerprint density at radius 1 is 0.333 bits per heavy atom. The van der Waals surface area contributed by atoms with Gasteiger partial charge in [0.1, 0.15) is 5.75 Å². The van der Waals surface area contributed by atoms with E-state index in [1.165, 1.54) is 64.2 Å². The van der Waals surface area contributed by atoms with Gasteiger partial charge in [-0.3, -0.25) is 0 Å². The molecule has 4 aromatic rings. The lowest BCUT2D eigenvalue weighted by molar-refractivity contribution is 0.259. The average Bonchev–Trinajstić information content (AvgIpc) is 3.18. The van der Waals surface area contributed by atoms with E-state index in [2.05, 4.69) is 65.0 Å². The number of nitrogens with two attached hydrogens (primary N) is 1. The predicted octanol–water partition coefficient (Wildman–Crippen LogP) is 14.5. The van der Waals surface area contributed by atoms with Crippen LogP contribution in [0.2, 0.25) is 0 Å². The number of rotatable bonds is 30. The fraction of sp³-hybridized carbons (Fsp3) is 0.625. The van der Waals surface area contributed by atoms with Crippen molar-refractivity contribution in [2.75, 3.05) is 38.8 Å². The zero-order valence-corrected chi connectivity index (χ0v) is 34.8. The van der Waals surface area contributed by atoms with Crippen molar-refractivity contribution in [1.29, 1.82) is 0 Å². The Bertz CT molecular complexity index is 1670. The second kappa shape index (κ2) is 24.8. The zero-order valence-electron chi connectivity index (χ0n) is 34.8. The molecule has 0 amide bonds. The minimum absolute atomic E-state index is 0.651. The largest absolute Gasteiger partial charge is 0.491 e. The van der Waals surface area contributed by atoms with E-state index in [4.69, 9.17) is 29.4 Å². The summed E-state index contributed by atoms with van der Waals surface area (Å²) in [6.45, 7) is 14.5. The Balaban J connectivity index is 1.89. The van der Waals surface area contributed by atoms with Gasteiger partial charge in [0, 0.05) is 5.39 Å². The second-order valence-electron chi connectivity index (χ2n) is 15.1. The summed E-state index contributed by atoms with van der Waals surface area (Å²) in [5.74, 6) is 3.89. The number of unbranched alkanes of at least 4 members (excludes halogenated alkanes) is 15. The molecule has 0 spiro atoms. The fourth-order valence-electron chi connectivity index (χ4n) is 7.24. The first-order valence-electron chi connectivity index (χ1n) is 22.0. The number of hydrogen-bond donors (Lipinski definition) is 1. The summed E-state index contributed by atoms with van der Waals surface area (Å²) in [6, 6.07) is 13.0. The second-order valence-corrected chi connectivity index (χ2v) is 15.1. The van der Waals surface area contributed by atoms with E-state index in [0.29, 0.717) is 38.7 Å². The molecular weight excluding hydrogens is 671 g/mol. The minimum Gasteiger partial charge on any atom is -0.491 e. The molecule has 0 aliphatic heterocycles. The van der Waals surface area contributed by atoms with Gasteiger partial charge in [0.15, 0.2) is 23.0 Å². The monoisotopic (exact) mass is 744 g/mol. The molecule has 0 saturated heterocycles. The fourth-order valence-corrected chi connectivity index (χ4v) is 7.24. The van der Waals surface area contributed by atoms with Crippen molar-refractivity contribution in [1.82, 2.24) is 0 Å². The van der Waals surface area contributed by atoms with Crippen molar-refractivity contribution in [2.45, 2.75) is 163 Å². The highest BCUT2D eigenvalue weighted by atomic mass is 16.5. The summed E-state index contributed by atoms with van der Waals surface area (Å²) in [7, 11) is 0. The van der Waals surface area contributed by atoms with Gasteiger partial charge in [-0.15, -0.1) is 0 Å². The smallest absolute Gasteiger partial charge is 0.161 e. The Hall–Kier alpha value is -3.54. The Morgan fingerprint density at radius 2 is 0.630 bits per heavy atom. The lowest BCUT2D eigenvalue weighted by Gasteiger charge is -2.20. The molecule has 300 valence electrons. The maximum Gasteiger partial charge on any atom is 0.161 e. The molecule has 4 aromatic carbocycles.